The van der Waals surface area contributed by atoms with Crippen molar-refractivity contribution in [1.82, 2.24) is 15.3 Å². The molecule has 2 aromatic rings. The maximum Gasteiger partial charge on any atom is 0.270 e. The maximum absolute atomic E-state index is 11.9. The van der Waals surface area contributed by atoms with Gasteiger partial charge in [-0.25, -0.2) is 9.97 Å². The summed E-state index contributed by atoms with van der Waals surface area (Å²) in [6.07, 6.45) is 3.39. The first-order chi connectivity index (χ1) is 11.6. The van der Waals surface area contributed by atoms with Crippen LogP contribution in [0.15, 0.2) is 30.3 Å². The van der Waals surface area contributed by atoms with Gasteiger partial charge >= 0.3 is 0 Å². The number of benzene rings is 1. The second-order valence-corrected chi connectivity index (χ2v) is 5.44. The van der Waals surface area contributed by atoms with E-state index in [4.69, 9.17) is 10.5 Å². The SMILES string of the molecule is CCCCCOc1ccc(-c2cc(C(=O)NCC)nc(N)n2)cc1. The maximum atomic E-state index is 11.9. The van der Waals surface area contributed by atoms with Gasteiger partial charge in [0.25, 0.3) is 5.91 Å². The summed E-state index contributed by atoms with van der Waals surface area (Å²) in [6.45, 7) is 5.26. The van der Waals surface area contributed by atoms with Crippen LogP contribution in [0, 0.1) is 0 Å². The molecule has 0 atom stereocenters. The topological polar surface area (TPSA) is 90.1 Å². The van der Waals surface area contributed by atoms with E-state index in [0.717, 1.165) is 24.3 Å². The summed E-state index contributed by atoms with van der Waals surface area (Å²) in [5.74, 6) is 0.637. The van der Waals surface area contributed by atoms with Crippen molar-refractivity contribution in [3.8, 4) is 17.0 Å². The first-order valence-electron chi connectivity index (χ1n) is 8.30. The molecule has 0 radical (unpaired) electrons. The van der Waals surface area contributed by atoms with E-state index in [-0.39, 0.29) is 17.5 Å². The van der Waals surface area contributed by atoms with Gasteiger partial charge in [0.1, 0.15) is 11.4 Å². The largest absolute Gasteiger partial charge is 0.494 e. The van der Waals surface area contributed by atoms with Crippen molar-refractivity contribution in [3.63, 3.8) is 0 Å². The van der Waals surface area contributed by atoms with Crippen molar-refractivity contribution >= 4 is 11.9 Å². The Morgan fingerprint density at radius 2 is 1.92 bits per heavy atom. The third-order valence-corrected chi connectivity index (χ3v) is 3.48. The molecule has 0 spiro atoms. The van der Waals surface area contributed by atoms with Crippen LogP contribution in [0.4, 0.5) is 5.95 Å². The number of ether oxygens (including phenoxy) is 1. The Bertz CT molecular complexity index is 671. The number of aromatic nitrogens is 2. The lowest BCUT2D eigenvalue weighted by Crippen LogP contribution is -2.24. The molecule has 2 rings (SSSR count). The number of anilines is 1. The standard InChI is InChI=1S/C18H24N4O2/c1-3-5-6-11-24-14-9-7-13(8-10-14)15-12-16(17(23)20-4-2)22-18(19)21-15/h7-10,12H,3-6,11H2,1-2H3,(H,20,23)(H2,19,21,22). The molecule has 24 heavy (non-hydrogen) atoms. The van der Waals surface area contributed by atoms with E-state index < -0.39 is 0 Å². The predicted molar refractivity (Wildman–Crippen MR) is 94.9 cm³/mol. The summed E-state index contributed by atoms with van der Waals surface area (Å²) in [7, 11) is 0. The average Bonchev–Trinajstić information content (AvgIpc) is 2.59. The number of nitrogens with zero attached hydrogens (tertiary/aromatic N) is 2. The molecule has 128 valence electrons. The molecule has 1 amide bonds. The molecule has 0 fully saturated rings. The molecule has 1 aromatic carbocycles. The Morgan fingerprint density at radius 1 is 1.17 bits per heavy atom. The van der Waals surface area contributed by atoms with E-state index in [9.17, 15) is 4.79 Å². The monoisotopic (exact) mass is 328 g/mol. The van der Waals surface area contributed by atoms with E-state index >= 15 is 0 Å². The van der Waals surface area contributed by atoms with Gasteiger partial charge in [0.2, 0.25) is 5.95 Å². The molecule has 0 aliphatic carbocycles. The number of carbonyl (C=O) groups is 1. The third-order valence-electron chi connectivity index (χ3n) is 3.48. The highest BCUT2D eigenvalue weighted by atomic mass is 16.5. The zero-order valence-corrected chi connectivity index (χ0v) is 14.2. The van der Waals surface area contributed by atoms with Gasteiger partial charge in [0.15, 0.2) is 0 Å². The lowest BCUT2D eigenvalue weighted by atomic mass is 10.1. The fourth-order valence-corrected chi connectivity index (χ4v) is 2.25. The van der Waals surface area contributed by atoms with Gasteiger partial charge in [-0.2, -0.15) is 0 Å². The Balaban J connectivity index is 2.12. The third kappa shape index (κ3) is 4.94. The van der Waals surface area contributed by atoms with E-state index in [0.29, 0.717) is 12.2 Å². The number of nitrogens with two attached hydrogens (primary N) is 1. The summed E-state index contributed by atoms with van der Waals surface area (Å²) in [5, 5.41) is 2.71. The van der Waals surface area contributed by atoms with Crippen LogP contribution >= 0.6 is 0 Å². The van der Waals surface area contributed by atoms with E-state index in [1.165, 1.54) is 12.8 Å². The number of hydrogen-bond donors (Lipinski definition) is 2. The van der Waals surface area contributed by atoms with Gasteiger partial charge < -0.3 is 15.8 Å². The van der Waals surface area contributed by atoms with Crippen molar-refractivity contribution in [2.45, 2.75) is 33.1 Å². The van der Waals surface area contributed by atoms with E-state index in [1.54, 1.807) is 6.07 Å². The number of nitrogen functional groups attached to an aromatic ring is 1. The highest BCUT2D eigenvalue weighted by Crippen LogP contribution is 2.22. The predicted octanol–water partition coefficient (Wildman–Crippen LogP) is 3.04. The molecule has 6 nitrogen and oxygen atoms in total. The van der Waals surface area contributed by atoms with Crippen LogP contribution in [0.5, 0.6) is 5.75 Å². The summed E-state index contributed by atoms with van der Waals surface area (Å²) < 4.78 is 5.70. The Morgan fingerprint density at radius 3 is 2.58 bits per heavy atom. The Hall–Kier alpha value is -2.63. The number of hydrogen-bond acceptors (Lipinski definition) is 5. The fraction of sp³-hybridized carbons (Fsp3) is 0.389. The van der Waals surface area contributed by atoms with Crippen LogP contribution in [0.3, 0.4) is 0 Å². The molecule has 0 saturated heterocycles. The molecule has 1 aromatic heterocycles. The highest BCUT2D eigenvalue weighted by molar-refractivity contribution is 5.93. The second-order valence-electron chi connectivity index (χ2n) is 5.44. The molecule has 1 heterocycles. The van der Waals surface area contributed by atoms with Crippen molar-refractivity contribution in [3.05, 3.63) is 36.0 Å². The van der Waals surface area contributed by atoms with Crippen LogP contribution < -0.4 is 15.8 Å². The van der Waals surface area contributed by atoms with Crippen molar-refractivity contribution in [2.75, 3.05) is 18.9 Å². The zero-order valence-electron chi connectivity index (χ0n) is 14.2. The number of rotatable bonds is 8. The summed E-state index contributed by atoms with van der Waals surface area (Å²) in [5.41, 5.74) is 7.46. The van der Waals surface area contributed by atoms with Crippen LogP contribution in [-0.2, 0) is 0 Å². The van der Waals surface area contributed by atoms with Crippen LogP contribution in [0.2, 0.25) is 0 Å². The van der Waals surface area contributed by atoms with Crippen LogP contribution in [0.25, 0.3) is 11.3 Å². The summed E-state index contributed by atoms with van der Waals surface area (Å²) >= 11 is 0. The van der Waals surface area contributed by atoms with Gasteiger partial charge in [-0.3, -0.25) is 4.79 Å². The molecule has 0 unspecified atom stereocenters. The molecule has 3 N–H and O–H groups in total. The van der Waals surface area contributed by atoms with Gasteiger partial charge in [0.05, 0.1) is 12.3 Å². The smallest absolute Gasteiger partial charge is 0.270 e. The fourth-order valence-electron chi connectivity index (χ4n) is 2.25. The van der Waals surface area contributed by atoms with Crippen molar-refractivity contribution in [1.29, 1.82) is 0 Å². The minimum atomic E-state index is -0.260. The van der Waals surface area contributed by atoms with Crippen LogP contribution in [-0.4, -0.2) is 29.0 Å². The zero-order chi connectivity index (χ0) is 17.4. The van der Waals surface area contributed by atoms with E-state index in [2.05, 4.69) is 22.2 Å². The number of amides is 1. The average molecular weight is 328 g/mol. The molecular weight excluding hydrogens is 304 g/mol. The summed E-state index contributed by atoms with van der Waals surface area (Å²) in [4.78, 5) is 20.1. The molecule has 0 aliphatic rings. The van der Waals surface area contributed by atoms with Gasteiger partial charge in [-0.15, -0.1) is 0 Å². The minimum absolute atomic E-state index is 0.0774. The summed E-state index contributed by atoms with van der Waals surface area (Å²) in [6, 6.07) is 9.23. The van der Waals surface area contributed by atoms with Crippen LogP contribution in [0.1, 0.15) is 43.6 Å². The number of nitrogens with one attached hydrogen (secondary N) is 1. The van der Waals surface area contributed by atoms with Gasteiger partial charge in [0, 0.05) is 12.1 Å². The second kappa shape index (κ2) is 8.86. The normalized spacial score (nSPS) is 10.4. The molecule has 0 saturated carbocycles. The van der Waals surface area contributed by atoms with Gasteiger partial charge in [-0.1, -0.05) is 19.8 Å². The highest BCUT2D eigenvalue weighted by Gasteiger charge is 2.11. The lowest BCUT2D eigenvalue weighted by molar-refractivity contribution is 0.0951. The Labute approximate surface area is 142 Å². The first-order valence-corrected chi connectivity index (χ1v) is 8.30. The molecule has 6 heteroatoms. The lowest BCUT2D eigenvalue weighted by Gasteiger charge is -2.08. The minimum Gasteiger partial charge on any atom is -0.494 e. The molecule has 0 aliphatic heterocycles. The Kier molecular flexibility index (Phi) is 6.54. The van der Waals surface area contributed by atoms with Crippen molar-refractivity contribution < 1.29 is 9.53 Å². The molecular formula is C18H24N4O2. The van der Waals surface area contributed by atoms with Gasteiger partial charge in [-0.05, 0) is 43.7 Å². The number of unbranched alkanes of at least 4 members (excludes halogenated alkanes) is 2. The molecule has 0 bridgehead atoms. The quantitative estimate of drug-likeness (QED) is 0.727. The first kappa shape index (κ1) is 17.7. The van der Waals surface area contributed by atoms with E-state index in [1.807, 2.05) is 31.2 Å². The van der Waals surface area contributed by atoms with Crippen molar-refractivity contribution in [2.24, 2.45) is 0 Å². The number of carbonyl (C=O) groups excluding carboxylic acids is 1.